The van der Waals surface area contributed by atoms with Crippen molar-refractivity contribution >= 4 is 27.3 Å². The molecule has 0 bridgehead atoms. The molecule has 2 aromatic heterocycles. The number of hydrogen-bond donors (Lipinski definition) is 1. The molecule has 5 nitrogen and oxygen atoms in total. The minimum atomic E-state index is -0.0686. The number of para-hydroxylation sites is 2. The standard InChI is InChI=1S/C19H22N2O3S/c1-13(2)21-11-14-10-17(25-18(14)12-21)19(22)20-8-9-24-16-7-5-4-6-15(16)23-3/h4-7,10-13H,8-9H2,1-3H3,(H,20,22). The van der Waals surface area contributed by atoms with Crippen LogP contribution in [0.25, 0.3) is 10.1 Å². The van der Waals surface area contributed by atoms with Crippen LogP contribution in [0.5, 0.6) is 11.5 Å². The van der Waals surface area contributed by atoms with E-state index >= 15 is 0 Å². The molecule has 25 heavy (non-hydrogen) atoms. The van der Waals surface area contributed by atoms with Crippen LogP contribution in [0, 0.1) is 0 Å². The van der Waals surface area contributed by atoms with Crippen molar-refractivity contribution < 1.29 is 14.3 Å². The van der Waals surface area contributed by atoms with Crippen LogP contribution in [-0.4, -0.2) is 30.7 Å². The number of benzene rings is 1. The van der Waals surface area contributed by atoms with E-state index in [9.17, 15) is 4.79 Å². The van der Waals surface area contributed by atoms with Crippen LogP contribution >= 0.6 is 11.3 Å². The maximum atomic E-state index is 12.3. The first-order chi connectivity index (χ1) is 12.1. The smallest absolute Gasteiger partial charge is 0.261 e. The molecule has 6 heteroatoms. The van der Waals surface area contributed by atoms with Gasteiger partial charge in [-0.2, -0.15) is 0 Å². The van der Waals surface area contributed by atoms with Crippen LogP contribution in [0.1, 0.15) is 29.6 Å². The fraction of sp³-hybridized carbons (Fsp3) is 0.316. The number of carbonyl (C=O) groups excluding carboxylic acids is 1. The first-order valence-electron chi connectivity index (χ1n) is 8.23. The Balaban J connectivity index is 1.53. The van der Waals surface area contributed by atoms with Crippen LogP contribution in [0.4, 0.5) is 0 Å². The Bertz CT molecular complexity index is 835. The number of methoxy groups -OCH3 is 1. The molecule has 0 spiro atoms. The van der Waals surface area contributed by atoms with Crippen molar-refractivity contribution in [1.29, 1.82) is 0 Å². The van der Waals surface area contributed by atoms with E-state index in [0.29, 0.717) is 30.7 Å². The van der Waals surface area contributed by atoms with Crippen molar-refractivity contribution in [2.75, 3.05) is 20.3 Å². The monoisotopic (exact) mass is 358 g/mol. The van der Waals surface area contributed by atoms with Crippen molar-refractivity contribution in [1.82, 2.24) is 9.88 Å². The van der Waals surface area contributed by atoms with Crippen LogP contribution in [0.2, 0.25) is 0 Å². The molecule has 0 fully saturated rings. The third-order valence-electron chi connectivity index (χ3n) is 3.88. The minimum absolute atomic E-state index is 0.0686. The van der Waals surface area contributed by atoms with Crippen molar-refractivity contribution in [2.24, 2.45) is 0 Å². The highest BCUT2D eigenvalue weighted by Gasteiger charge is 2.12. The molecule has 1 aromatic carbocycles. The van der Waals surface area contributed by atoms with Crippen molar-refractivity contribution in [2.45, 2.75) is 19.9 Å². The molecule has 0 aliphatic rings. The van der Waals surface area contributed by atoms with Gasteiger partial charge >= 0.3 is 0 Å². The molecule has 3 aromatic rings. The Labute approximate surface area is 151 Å². The zero-order chi connectivity index (χ0) is 17.8. The summed E-state index contributed by atoms with van der Waals surface area (Å²) in [4.78, 5) is 13.0. The van der Waals surface area contributed by atoms with Crippen molar-refractivity contribution in [3.8, 4) is 11.5 Å². The lowest BCUT2D eigenvalue weighted by Crippen LogP contribution is -2.27. The number of amides is 1. The van der Waals surface area contributed by atoms with Crippen LogP contribution in [-0.2, 0) is 0 Å². The Morgan fingerprint density at radius 3 is 2.68 bits per heavy atom. The number of nitrogens with zero attached hydrogens (tertiary/aromatic N) is 1. The van der Waals surface area contributed by atoms with Crippen LogP contribution in [0.3, 0.4) is 0 Å². The molecule has 132 valence electrons. The normalized spacial score (nSPS) is 11.0. The molecule has 3 rings (SSSR count). The molecule has 2 heterocycles. The first kappa shape index (κ1) is 17.4. The summed E-state index contributed by atoms with van der Waals surface area (Å²) >= 11 is 1.51. The Kier molecular flexibility index (Phi) is 5.28. The summed E-state index contributed by atoms with van der Waals surface area (Å²) in [6, 6.07) is 9.82. The predicted octanol–water partition coefficient (Wildman–Crippen LogP) is 4.10. The SMILES string of the molecule is COc1ccccc1OCCNC(=O)c1cc2cn(C(C)C)cc2s1. The van der Waals surface area contributed by atoms with Gasteiger partial charge in [-0.3, -0.25) is 4.79 Å². The zero-order valence-electron chi connectivity index (χ0n) is 14.6. The van der Waals surface area contributed by atoms with Gasteiger partial charge in [-0.05, 0) is 32.0 Å². The second kappa shape index (κ2) is 7.61. The van der Waals surface area contributed by atoms with E-state index in [1.165, 1.54) is 11.3 Å². The van der Waals surface area contributed by atoms with E-state index in [1.807, 2.05) is 30.3 Å². The largest absolute Gasteiger partial charge is 0.493 e. The Morgan fingerprint density at radius 2 is 2.00 bits per heavy atom. The summed E-state index contributed by atoms with van der Waals surface area (Å²) in [7, 11) is 1.61. The summed E-state index contributed by atoms with van der Waals surface area (Å²) in [6.07, 6.45) is 4.17. The molecular weight excluding hydrogens is 336 g/mol. The number of nitrogens with one attached hydrogen (secondary N) is 1. The van der Waals surface area contributed by atoms with Gasteiger partial charge in [-0.25, -0.2) is 0 Å². The van der Waals surface area contributed by atoms with Crippen LogP contribution in [0.15, 0.2) is 42.7 Å². The maximum absolute atomic E-state index is 12.3. The van der Waals surface area contributed by atoms with E-state index in [0.717, 1.165) is 15.0 Å². The van der Waals surface area contributed by atoms with E-state index in [2.05, 4.69) is 36.1 Å². The summed E-state index contributed by atoms with van der Waals surface area (Å²) in [5.41, 5.74) is 0. The highest BCUT2D eigenvalue weighted by Crippen LogP contribution is 2.28. The number of thiophene rings is 1. The van der Waals surface area contributed by atoms with E-state index in [-0.39, 0.29) is 5.91 Å². The van der Waals surface area contributed by atoms with E-state index in [1.54, 1.807) is 7.11 Å². The second-order valence-electron chi connectivity index (χ2n) is 5.98. The van der Waals surface area contributed by atoms with Gasteiger partial charge in [-0.15, -0.1) is 11.3 Å². The minimum Gasteiger partial charge on any atom is -0.493 e. The molecule has 0 saturated heterocycles. The summed E-state index contributed by atoms with van der Waals surface area (Å²) in [5, 5.41) is 4.00. The molecule has 0 aliphatic carbocycles. The van der Waals surface area contributed by atoms with Gasteiger partial charge in [0.15, 0.2) is 11.5 Å². The number of fused-ring (bicyclic) bond motifs is 1. The lowest BCUT2D eigenvalue weighted by atomic mass is 10.3. The number of carbonyl (C=O) groups is 1. The van der Waals surface area contributed by atoms with E-state index < -0.39 is 0 Å². The molecule has 1 N–H and O–H groups in total. The third-order valence-corrected chi connectivity index (χ3v) is 4.96. The maximum Gasteiger partial charge on any atom is 0.261 e. The summed E-state index contributed by atoms with van der Waals surface area (Å²) < 4.78 is 14.2. The van der Waals surface area contributed by atoms with Gasteiger partial charge in [0, 0.05) is 23.8 Å². The molecule has 0 saturated carbocycles. The first-order valence-corrected chi connectivity index (χ1v) is 9.05. The highest BCUT2D eigenvalue weighted by atomic mass is 32.1. The van der Waals surface area contributed by atoms with Crippen molar-refractivity contribution in [3.05, 3.63) is 47.6 Å². The molecule has 0 aliphatic heterocycles. The van der Waals surface area contributed by atoms with Gasteiger partial charge in [0.1, 0.15) is 6.61 Å². The van der Waals surface area contributed by atoms with Gasteiger partial charge in [0.25, 0.3) is 5.91 Å². The van der Waals surface area contributed by atoms with Gasteiger partial charge < -0.3 is 19.4 Å². The highest BCUT2D eigenvalue weighted by molar-refractivity contribution is 7.20. The quantitative estimate of drug-likeness (QED) is 0.647. The average Bonchev–Trinajstić information content (AvgIpc) is 3.18. The topological polar surface area (TPSA) is 52.5 Å². The van der Waals surface area contributed by atoms with E-state index in [4.69, 9.17) is 9.47 Å². The number of ether oxygens (including phenoxy) is 2. The molecule has 0 atom stereocenters. The summed E-state index contributed by atoms with van der Waals surface area (Å²) in [5.74, 6) is 1.29. The number of hydrogen-bond acceptors (Lipinski definition) is 4. The molecule has 0 unspecified atom stereocenters. The zero-order valence-corrected chi connectivity index (χ0v) is 15.4. The molecular formula is C19H22N2O3S. The lowest BCUT2D eigenvalue weighted by molar-refractivity contribution is 0.0951. The van der Waals surface area contributed by atoms with Gasteiger partial charge in [0.2, 0.25) is 0 Å². The number of rotatable bonds is 7. The molecule has 0 radical (unpaired) electrons. The third kappa shape index (κ3) is 3.96. The lowest BCUT2D eigenvalue weighted by Gasteiger charge is -2.10. The fourth-order valence-electron chi connectivity index (χ4n) is 2.52. The Morgan fingerprint density at radius 1 is 1.24 bits per heavy atom. The predicted molar refractivity (Wildman–Crippen MR) is 101 cm³/mol. The fourth-order valence-corrected chi connectivity index (χ4v) is 3.51. The van der Waals surface area contributed by atoms with Gasteiger partial charge in [0.05, 0.1) is 23.2 Å². The summed E-state index contributed by atoms with van der Waals surface area (Å²) in [6.45, 7) is 5.10. The molecule has 1 amide bonds. The average molecular weight is 358 g/mol. The van der Waals surface area contributed by atoms with Crippen LogP contribution < -0.4 is 14.8 Å². The van der Waals surface area contributed by atoms with Crippen molar-refractivity contribution in [3.63, 3.8) is 0 Å². The Hall–Kier alpha value is -2.47. The number of aromatic nitrogens is 1. The second-order valence-corrected chi connectivity index (χ2v) is 7.07. The van der Waals surface area contributed by atoms with Gasteiger partial charge in [-0.1, -0.05) is 12.1 Å².